The van der Waals surface area contributed by atoms with Crippen LogP contribution in [0.3, 0.4) is 0 Å². The molecule has 0 aromatic carbocycles. The predicted octanol–water partition coefficient (Wildman–Crippen LogP) is 4.24. The first kappa shape index (κ1) is 14.7. The van der Waals surface area contributed by atoms with Crippen molar-refractivity contribution in [3.05, 3.63) is 12.2 Å². The molecule has 15 heavy (non-hydrogen) atoms. The van der Waals surface area contributed by atoms with Crippen LogP contribution in [-0.2, 0) is 0 Å². The number of rotatable bonds is 10. The van der Waals surface area contributed by atoms with Gasteiger partial charge in [0.15, 0.2) is 0 Å². The van der Waals surface area contributed by atoms with Crippen molar-refractivity contribution >= 4 is 0 Å². The maximum absolute atomic E-state index is 2.59. The van der Waals surface area contributed by atoms with E-state index in [9.17, 15) is 0 Å². The summed E-state index contributed by atoms with van der Waals surface area (Å²) >= 11 is 0. The second-order valence-electron chi connectivity index (χ2n) is 4.28. The van der Waals surface area contributed by atoms with Crippen molar-refractivity contribution in [1.29, 1.82) is 0 Å². The molecule has 0 rings (SSSR count). The lowest BCUT2D eigenvalue weighted by Crippen LogP contribution is -2.26. The highest BCUT2D eigenvalue weighted by Crippen LogP contribution is 2.02. The standard InChI is InChI=1S/C14H29N/c1-4-7-10-13-15(12-9-6-3)14-11-8-5-2/h6,9H,4-5,7-8,10-14H2,1-3H3. The van der Waals surface area contributed by atoms with E-state index in [1.807, 2.05) is 0 Å². The maximum atomic E-state index is 2.59. The molecule has 0 aliphatic rings. The molecule has 0 spiro atoms. The summed E-state index contributed by atoms with van der Waals surface area (Å²) in [5.41, 5.74) is 0. The first-order chi connectivity index (χ1) is 7.35. The molecule has 0 aromatic rings. The van der Waals surface area contributed by atoms with Crippen LogP contribution in [-0.4, -0.2) is 24.5 Å². The first-order valence-electron chi connectivity index (χ1n) is 6.68. The highest BCUT2D eigenvalue weighted by molar-refractivity contribution is 4.81. The Morgan fingerprint density at radius 3 is 1.80 bits per heavy atom. The van der Waals surface area contributed by atoms with Crippen LogP contribution < -0.4 is 0 Å². The summed E-state index contributed by atoms with van der Waals surface area (Å²) in [7, 11) is 0. The Hall–Kier alpha value is -0.300. The fraction of sp³-hybridized carbons (Fsp3) is 0.857. The molecule has 0 N–H and O–H groups in total. The smallest absolute Gasteiger partial charge is 0.0163 e. The molecule has 0 atom stereocenters. The van der Waals surface area contributed by atoms with Gasteiger partial charge < -0.3 is 0 Å². The van der Waals surface area contributed by atoms with E-state index in [4.69, 9.17) is 0 Å². The largest absolute Gasteiger partial charge is 0.300 e. The van der Waals surface area contributed by atoms with Crippen molar-refractivity contribution in [2.45, 2.75) is 59.3 Å². The van der Waals surface area contributed by atoms with Gasteiger partial charge in [0.25, 0.3) is 0 Å². The van der Waals surface area contributed by atoms with Crippen molar-refractivity contribution in [2.24, 2.45) is 0 Å². The minimum atomic E-state index is 1.14. The van der Waals surface area contributed by atoms with Gasteiger partial charge in [-0.25, -0.2) is 0 Å². The van der Waals surface area contributed by atoms with Gasteiger partial charge in [-0.3, -0.25) is 4.90 Å². The second-order valence-corrected chi connectivity index (χ2v) is 4.28. The third-order valence-corrected chi connectivity index (χ3v) is 2.76. The lowest BCUT2D eigenvalue weighted by molar-refractivity contribution is 0.288. The third kappa shape index (κ3) is 9.99. The minimum Gasteiger partial charge on any atom is -0.300 e. The summed E-state index contributed by atoms with van der Waals surface area (Å²) in [6.45, 7) is 10.4. The Morgan fingerprint density at radius 1 is 0.867 bits per heavy atom. The fourth-order valence-corrected chi connectivity index (χ4v) is 1.72. The summed E-state index contributed by atoms with van der Waals surface area (Å²) in [6, 6.07) is 0. The fourth-order valence-electron chi connectivity index (χ4n) is 1.72. The molecular weight excluding hydrogens is 182 g/mol. The molecule has 0 aromatic heterocycles. The monoisotopic (exact) mass is 211 g/mol. The molecule has 0 heterocycles. The molecule has 0 aliphatic heterocycles. The van der Waals surface area contributed by atoms with Crippen molar-refractivity contribution in [2.75, 3.05) is 19.6 Å². The van der Waals surface area contributed by atoms with Gasteiger partial charge in [0, 0.05) is 6.54 Å². The van der Waals surface area contributed by atoms with Crippen molar-refractivity contribution in [1.82, 2.24) is 4.90 Å². The maximum Gasteiger partial charge on any atom is 0.0163 e. The predicted molar refractivity (Wildman–Crippen MR) is 70.3 cm³/mol. The quantitative estimate of drug-likeness (QED) is 0.386. The number of hydrogen-bond donors (Lipinski definition) is 0. The molecule has 90 valence electrons. The van der Waals surface area contributed by atoms with Gasteiger partial charge in [-0.1, -0.05) is 51.7 Å². The number of hydrogen-bond acceptors (Lipinski definition) is 1. The van der Waals surface area contributed by atoms with Crippen LogP contribution in [0.5, 0.6) is 0 Å². The van der Waals surface area contributed by atoms with Gasteiger partial charge in [-0.05, 0) is 32.9 Å². The van der Waals surface area contributed by atoms with Crippen molar-refractivity contribution in [3.63, 3.8) is 0 Å². The summed E-state index contributed by atoms with van der Waals surface area (Å²) in [4.78, 5) is 2.59. The van der Waals surface area contributed by atoms with Crippen LogP contribution in [0.4, 0.5) is 0 Å². The topological polar surface area (TPSA) is 3.24 Å². The number of nitrogens with zero attached hydrogens (tertiary/aromatic N) is 1. The highest BCUT2D eigenvalue weighted by Gasteiger charge is 2.01. The number of unbranched alkanes of at least 4 members (excludes halogenated alkanes) is 4. The third-order valence-electron chi connectivity index (χ3n) is 2.76. The normalized spacial score (nSPS) is 11.7. The SMILES string of the molecule is CC=CCN(CCCCC)CCCCC. The van der Waals surface area contributed by atoms with Crippen LogP contribution in [0, 0.1) is 0 Å². The lowest BCUT2D eigenvalue weighted by atomic mass is 10.2. The van der Waals surface area contributed by atoms with Crippen LogP contribution >= 0.6 is 0 Å². The Balaban J connectivity index is 3.63. The van der Waals surface area contributed by atoms with E-state index in [1.54, 1.807) is 0 Å². The lowest BCUT2D eigenvalue weighted by Gasteiger charge is -2.20. The van der Waals surface area contributed by atoms with Crippen molar-refractivity contribution < 1.29 is 0 Å². The van der Waals surface area contributed by atoms with E-state index < -0.39 is 0 Å². The summed E-state index contributed by atoms with van der Waals surface area (Å²) in [5, 5.41) is 0. The van der Waals surface area contributed by atoms with E-state index in [1.165, 1.54) is 51.6 Å². The van der Waals surface area contributed by atoms with E-state index >= 15 is 0 Å². The molecule has 0 fully saturated rings. The summed E-state index contributed by atoms with van der Waals surface area (Å²) < 4.78 is 0. The van der Waals surface area contributed by atoms with Gasteiger partial charge in [0.05, 0.1) is 0 Å². The Morgan fingerprint density at radius 2 is 1.40 bits per heavy atom. The zero-order valence-electron chi connectivity index (χ0n) is 11.0. The Bertz CT molecular complexity index is 130. The molecule has 0 unspecified atom stereocenters. The van der Waals surface area contributed by atoms with Gasteiger partial charge in [0.1, 0.15) is 0 Å². The van der Waals surface area contributed by atoms with Gasteiger partial charge in [0.2, 0.25) is 0 Å². The average Bonchev–Trinajstić information content (AvgIpc) is 2.25. The molecule has 0 amide bonds. The van der Waals surface area contributed by atoms with E-state index in [2.05, 4.69) is 37.8 Å². The number of allylic oxidation sites excluding steroid dienone is 1. The summed E-state index contributed by atoms with van der Waals surface area (Å²) in [6.07, 6.45) is 12.6. The molecule has 0 aliphatic carbocycles. The van der Waals surface area contributed by atoms with Crippen molar-refractivity contribution in [3.8, 4) is 0 Å². The van der Waals surface area contributed by atoms with Gasteiger partial charge in [-0.15, -0.1) is 0 Å². The molecule has 0 saturated carbocycles. The molecule has 0 saturated heterocycles. The first-order valence-corrected chi connectivity index (χ1v) is 6.68. The van der Waals surface area contributed by atoms with E-state index in [0.29, 0.717) is 0 Å². The minimum absolute atomic E-state index is 1.14. The molecule has 0 radical (unpaired) electrons. The van der Waals surface area contributed by atoms with Gasteiger partial charge in [-0.2, -0.15) is 0 Å². The van der Waals surface area contributed by atoms with Crippen LogP contribution in [0.2, 0.25) is 0 Å². The molecule has 0 bridgehead atoms. The zero-order chi connectivity index (χ0) is 11.4. The van der Waals surface area contributed by atoms with Crippen LogP contribution in [0.25, 0.3) is 0 Å². The molecule has 1 heteroatoms. The van der Waals surface area contributed by atoms with E-state index in [0.717, 1.165) is 6.54 Å². The summed E-state index contributed by atoms with van der Waals surface area (Å²) in [5.74, 6) is 0. The van der Waals surface area contributed by atoms with Crippen LogP contribution in [0.1, 0.15) is 59.3 Å². The zero-order valence-corrected chi connectivity index (χ0v) is 11.0. The van der Waals surface area contributed by atoms with Gasteiger partial charge >= 0.3 is 0 Å². The highest BCUT2D eigenvalue weighted by atomic mass is 15.1. The van der Waals surface area contributed by atoms with Crippen LogP contribution in [0.15, 0.2) is 12.2 Å². The Labute approximate surface area is 96.6 Å². The Kier molecular flexibility index (Phi) is 11.5. The van der Waals surface area contributed by atoms with E-state index in [-0.39, 0.29) is 0 Å². The molecule has 1 nitrogen and oxygen atoms in total. The average molecular weight is 211 g/mol. The molecular formula is C14H29N. The second kappa shape index (κ2) is 11.8.